The highest BCUT2D eigenvalue weighted by atomic mass is 16.3. The first-order valence-electron chi connectivity index (χ1n) is 8.85. The van der Waals surface area contributed by atoms with Crippen LogP contribution in [-0.2, 0) is 4.79 Å². The fraction of sp³-hybridized carbons (Fsp3) is 0.0455. The number of nitrogens with one attached hydrogen (secondary N) is 1. The number of fused-ring (bicyclic) bond motifs is 2. The third-order valence-electron chi connectivity index (χ3n) is 4.74. The van der Waals surface area contributed by atoms with E-state index in [2.05, 4.69) is 10.3 Å². The molecular formula is C22H15N3O3. The number of nitrogens with zero attached hydrogens (tertiary/aromatic N) is 2. The maximum Gasteiger partial charge on any atom is 0.259 e. The van der Waals surface area contributed by atoms with Crippen molar-refractivity contribution in [2.45, 2.75) is 0 Å². The SMILES string of the molecule is O=C1CN(C(=O)c2cc(-c3ccco3)nc3ccccc23)c2ccccc2N1. The van der Waals surface area contributed by atoms with Crippen LogP contribution in [-0.4, -0.2) is 23.3 Å². The van der Waals surface area contributed by atoms with Crippen LogP contribution in [0.1, 0.15) is 10.4 Å². The lowest BCUT2D eigenvalue weighted by Gasteiger charge is -2.29. The van der Waals surface area contributed by atoms with Gasteiger partial charge < -0.3 is 9.73 Å². The minimum Gasteiger partial charge on any atom is -0.463 e. The Bertz CT molecular complexity index is 1210. The van der Waals surface area contributed by atoms with Gasteiger partial charge in [0, 0.05) is 5.39 Å². The number of carbonyl (C=O) groups excluding carboxylic acids is 2. The Morgan fingerprint density at radius 3 is 2.71 bits per heavy atom. The standard InChI is InChI=1S/C22H15N3O3/c26-21-13-25(19-9-4-3-8-17(19)24-21)22(27)15-12-18(20-10-5-11-28-20)23-16-7-2-1-6-14(15)16/h1-12H,13H2,(H,24,26). The number of pyridine rings is 1. The fourth-order valence-electron chi connectivity index (χ4n) is 3.46. The summed E-state index contributed by atoms with van der Waals surface area (Å²) in [5.74, 6) is 0.0990. The molecule has 4 aromatic rings. The van der Waals surface area contributed by atoms with Crippen LogP contribution in [0, 0.1) is 0 Å². The monoisotopic (exact) mass is 369 g/mol. The van der Waals surface area contributed by atoms with E-state index in [1.165, 1.54) is 4.90 Å². The van der Waals surface area contributed by atoms with Crippen molar-refractivity contribution in [1.29, 1.82) is 0 Å². The van der Waals surface area contributed by atoms with Gasteiger partial charge >= 0.3 is 0 Å². The molecule has 2 aromatic heterocycles. The molecule has 6 nitrogen and oxygen atoms in total. The average molecular weight is 369 g/mol. The molecule has 5 rings (SSSR count). The molecule has 136 valence electrons. The van der Waals surface area contributed by atoms with Gasteiger partial charge in [-0.3, -0.25) is 14.5 Å². The molecule has 28 heavy (non-hydrogen) atoms. The molecule has 2 amide bonds. The molecule has 3 heterocycles. The van der Waals surface area contributed by atoms with Crippen molar-refractivity contribution >= 4 is 34.1 Å². The maximum absolute atomic E-state index is 13.5. The number of para-hydroxylation sites is 3. The molecule has 1 aliphatic rings. The summed E-state index contributed by atoms with van der Waals surface area (Å²) in [4.78, 5) is 31.8. The van der Waals surface area contributed by atoms with E-state index in [4.69, 9.17) is 4.42 Å². The number of hydrogen-bond acceptors (Lipinski definition) is 4. The topological polar surface area (TPSA) is 75.4 Å². The van der Waals surface area contributed by atoms with Crippen LogP contribution >= 0.6 is 0 Å². The predicted octanol–water partition coefficient (Wildman–Crippen LogP) is 4.09. The van der Waals surface area contributed by atoms with Crippen LogP contribution in [0.4, 0.5) is 11.4 Å². The number of rotatable bonds is 2. The van der Waals surface area contributed by atoms with Crippen LogP contribution in [0.2, 0.25) is 0 Å². The van der Waals surface area contributed by atoms with Gasteiger partial charge in [0.1, 0.15) is 12.2 Å². The van der Waals surface area contributed by atoms with Crippen molar-refractivity contribution < 1.29 is 14.0 Å². The average Bonchev–Trinajstić information content (AvgIpc) is 3.27. The van der Waals surface area contributed by atoms with Crippen molar-refractivity contribution in [1.82, 2.24) is 4.98 Å². The molecule has 0 saturated heterocycles. The van der Waals surface area contributed by atoms with Gasteiger partial charge in [-0.2, -0.15) is 0 Å². The lowest BCUT2D eigenvalue weighted by atomic mass is 10.0. The summed E-state index contributed by atoms with van der Waals surface area (Å²) in [6, 6.07) is 20.0. The second kappa shape index (κ2) is 6.35. The Morgan fingerprint density at radius 1 is 1.04 bits per heavy atom. The minimum atomic E-state index is -0.256. The molecule has 1 aliphatic heterocycles. The molecule has 0 fully saturated rings. The third-order valence-corrected chi connectivity index (χ3v) is 4.74. The number of hydrogen-bond donors (Lipinski definition) is 1. The molecule has 1 N–H and O–H groups in total. The number of anilines is 2. The molecule has 6 heteroatoms. The van der Waals surface area contributed by atoms with E-state index in [-0.39, 0.29) is 18.4 Å². The lowest BCUT2D eigenvalue weighted by Crippen LogP contribution is -2.42. The highest BCUT2D eigenvalue weighted by Gasteiger charge is 2.29. The van der Waals surface area contributed by atoms with Crippen molar-refractivity contribution in [3.05, 3.63) is 78.6 Å². The number of benzene rings is 2. The Kier molecular flexibility index (Phi) is 3.69. The maximum atomic E-state index is 13.5. The van der Waals surface area contributed by atoms with E-state index >= 15 is 0 Å². The number of furan rings is 1. The van der Waals surface area contributed by atoms with Crippen LogP contribution in [0.5, 0.6) is 0 Å². The van der Waals surface area contributed by atoms with E-state index < -0.39 is 0 Å². The highest BCUT2D eigenvalue weighted by Crippen LogP contribution is 2.32. The molecule has 0 aliphatic carbocycles. The van der Waals surface area contributed by atoms with Crippen molar-refractivity contribution in [3.63, 3.8) is 0 Å². The normalized spacial score (nSPS) is 13.3. The molecular weight excluding hydrogens is 354 g/mol. The Hall–Kier alpha value is -3.93. The summed E-state index contributed by atoms with van der Waals surface area (Å²) >= 11 is 0. The summed E-state index contributed by atoms with van der Waals surface area (Å²) in [5, 5.41) is 3.53. The van der Waals surface area contributed by atoms with Gasteiger partial charge in [0.25, 0.3) is 5.91 Å². The third kappa shape index (κ3) is 2.63. The number of amides is 2. The summed E-state index contributed by atoms with van der Waals surface area (Å²) in [6.07, 6.45) is 1.57. The van der Waals surface area contributed by atoms with E-state index in [0.29, 0.717) is 33.9 Å². The summed E-state index contributed by atoms with van der Waals surface area (Å²) in [7, 11) is 0. The van der Waals surface area contributed by atoms with Gasteiger partial charge in [-0.1, -0.05) is 30.3 Å². The lowest BCUT2D eigenvalue weighted by molar-refractivity contribution is -0.115. The van der Waals surface area contributed by atoms with E-state index in [9.17, 15) is 9.59 Å². The van der Waals surface area contributed by atoms with Gasteiger partial charge in [-0.05, 0) is 36.4 Å². The smallest absolute Gasteiger partial charge is 0.259 e. The Balaban J connectivity index is 1.69. The fourth-order valence-corrected chi connectivity index (χ4v) is 3.46. The summed E-state index contributed by atoms with van der Waals surface area (Å²) in [5.41, 5.74) is 3.03. The first kappa shape index (κ1) is 16.3. The van der Waals surface area contributed by atoms with Gasteiger partial charge in [0.15, 0.2) is 5.76 Å². The Labute approximate surface area is 160 Å². The van der Waals surface area contributed by atoms with Crippen molar-refractivity contribution in [2.24, 2.45) is 0 Å². The zero-order valence-electron chi connectivity index (χ0n) is 14.8. The van der Waals surface area contributed by atoms with E-state index in [0.717, 1.165) is 5.39 Å². The van der Waals surface area contributed by atoms with Gasteiger partial charge in [0.05, 0.1) is 28.7 Å². The summed E-state index contributed by atoms with van der Waals surface area (Å²) < 4.78 is 5.47. The second-order valence-electron chi connectivity index (χ2n) is 6.51. The number of aromatic nitrogens is 1. The molecule has 2 aromatic carbocycles. The van der Waals surface area contributed by atoms with Gasteiger partial charge in [0.2, 0.25) is 5.91 Å². The number of carbonyl (C=O) groups is 2. The quantitative estimate of drug-likeness (QED) is 0.577. The molecule has 0 spiro atoms. The van der Waals surface area contributed by atoms with E-state index in [1.807, 2.05) is 42.5 Å². The van der Waals surface area contributed by atoms with Crippen molar-refractivity contribution in [2.75, 3.05) is 16.8 Å². The zero-order chi connectivity index (χ0) is 19.1. The Morgan fingerprint density at radius 2 is 1.86 bits per heavy atom. The predicted molar refractivity (Wildman–Crippen MR) is 106 cm³/mol. The van der Waals surface area contributed by atoms with Gasteiger partial charge in [-0.25, -0.2) is 4.98 Å². The molecule has 0 unspecified atom stereocenters. The zero-order valence-corrected chi connectivity index (χ0v) is 14.8. The molecule has 0 atom stereocenters. The van der Waals surface area contributed by atoms with Crippen LogP contribution in [0.3, 0.4) is 0 Å². The largest absolute Gasteiger partial charge is 0.463 e. The second-order valence-corrected chi connectivity index (χ2v) is 6.51. The van der Waals surface area contributed by atoms with Crippen LogP contribution in [0.25, 0.3) is 22.4 Å². The van der Waals surface area contributed by atoms with Gasteiger partial charge in [-0.15, -0.1) is 0 Å². The summed E-state index contributed by atoms with van der Waals surface area (Å²) in [6.45, 7) is -0.0391. The first-order chi connectivity index (χ1) is 13.7. The minimum absolute atomic E-state index is 0.0391. The highest BCUT2D eigenvalue weighted by molar-refractivity contribution is 6.19. The first-order valence-corrected chi connectivity index (χ1v) is 8.85. The van der Waals surface area contributed by atoms with E-state index in [1.54, 1.807) is 30.5 Å². The van der Waals surface area contributed by atoms with Crippen LogP contribution < -0.4 is 10.2 Å². The van der Waals surface area contributed by atoms with Crippen molar-refractivity contribution in [3.8, 4) is 11.5 Å². The molecule has 0 saturated carbocycles. The van der Waals surface area contributed by atoms with Crippen LogP contribution in [0.15, 0.2) is 77.4 Å². The molecule has 0 radical (unpaired) electrons. The molecule has 0 bridgehead atoms.